The molecule has 5 nitrogen and oxygen atoms in total. The number of carbonyl (C=O) groups excluding carboxylic acids is 2. The first-order valence-corrected chi connectivity index (χ1v) is 9.92. The molecule has 2 saturated heterocycles. The quantitative estimate of drug-likeness (QED) is 0.617. The molecular weight excluding hydrogens is 338 g/mol. The van der Waals surface area contributed by atoms with Crippen LogP contribution in [0.4, 0.5) is 4.79 Å². The number of aryl methyl sites for hydroxylation is 1. The SMILES string of the molecule is C=C(C)CN1C(=O)N[C@](CC)(C2CCN(Cc3ccccc3C)CC2)C1=O. The minimum Gasteiger partial charge on any atom is -0.323 e. The normalized spacial score (nSPS) is 24.3. The van der Waals surface area contributed by atoms with E-state index in [0.717, 1.165) is 38.0 Å². The van der Waals surface area contributed by atoms with Gasteiger partial charge in [0.05, 0.1) is 6.54 Å². The first-order valence-electron chi connectivity index (χ1n) is 9.92. The summed E-state index contributed by atoms with van der Waals surface area (Å²) in [5.74, 6) is 0.109. The van der Waals surface area contributed by atoms with E-state index in [9.17, 15) is 9.59 Å². The first-order chi connectivity index (χ1) is 12.9. The minimum atomic E-state index is -0.749. The number of imide groups is 1. The van der Waals surface area contributed by atoms with Crippen LogP contribution in [0.1, 0.15) is 44.2 Å². The zero-order valence-corrected chi connectivity index (χ0v) is 16.8. The van der Waals surface area contributed by atoms with Crippen molar-refractivity contribution in [2.24, 2.45) is 5.92 Å². The second kappa shape index (κ2) is 7.85. The lowest BCUT2D eigenvalue weighted by molar-refractivity contribution is -0.134. The molecule has 0 bridgehead atoms. The molecule has 2 fully saturated rings. The van der Waals surface area contributed by atoms with Crippen molar-refractivity contribution in [1.29, 1.82) is 0 Å². The van der Waals surface area contributed by atoms with Crippen LogP contribution in [0.15, 0.2) is 36.4 Å². The fraction of sp³-hybridized carbons (Fsp3) is 0.545. The number of hydrogen-bond donors (Lipinski definition) is 1. The van der Waals surface area contributed by atoms with Crippen molar-refractivity contribution in [2.45, 2.75) is 52.1 Å². The van der Waals surface area contributed by atoms with Crippen LogP contribution in [0.25, 0.3) is 0 Å². The highest BCUT2D eigenvalue weighted by atomic mass is 16.2. The summed E-state index contributed by atoms with van der Waals surface area (Å²) < 4.78 is 0. The number of likely N-dealkylation sites (tertiary alicyclic amines) is 1. The van der Waals surface area contributed by atoms with Crippen molar-refractivity contribution in [2.75, 3.05) is 19.6 Å². The van der Waals surface area contributed by atoms with Gasteiger partial charge in [-0.1, -0.05) is 43.3 Å². The Hall–Kier alpha value is -2.14. The second-order valence-corrected chi connectivity index (χ2v) is 8.08. The smallest absolute Gasteiger partial charge is 0.323 e. The predicted octanol–water partition coefficient (Wildman–Crippen LogP) is 3.48. The van der Waals surface area contributed by atoms with Gasteiger partial charge in [0, 0.05) is 6.54 Å². The topological polar surface area (TPSA) is 52.7 Å². The van der Waals surface area contributed by atoms with Crippen LogP contribution in [0.2, 0.25) is 0 Å². The molecule has 5 heteroatoms. The van der Waals surface area contributed by atoms with Crippen LogP contribution in [-0.4, -0.2) is 46.9 Å². The Morgan fingerprint density at radius 3 is 2.52 bits per heavy atom. The minimum absolute atomic E-state index is 0.0737. The van der Waals surface area contributed by atoms with Crippen molar-refractivity contribution < 1.29 is 9.59 Å². The number of benzene rings is 1. The van der Waals surface area contributed by atoms with E-state index in [1.165, 1.54) is 16.0 Å². The number of hydrogen-bond acceptors (Lipinski definition) is 3. The molecule has 1 aromatic carbocycles. The number of urea groups is 1. The highest BCUT2D eigenvalue weighted by molar-refractivity contribution is 6.07. The van der Waals surface area contributed by atoms with E-state index in [0.29, 0.717) is 13.0 Å². The van der Waals surface area contributed by atoms with Crippen LogP contribution < -0.4 is 5.32 Å². The third kappa shape index (κ3) is 3.79. The summed E-state index contributed by atoms with van der Waals surface area (Å²) in [5, 5.41) is 3.04. The van der Waals surface area contributed by atoms with Crippen LogP contribution in [-0.2, 0) is 11.3 Å². The Labute approximate surface area is 162 Å². The summed E-state index contributed by atoms with van der Waals surface area (Å²) in [6.45, 7) is 13.0. The van der Waals surface area contributed by atoms with Gasteiger partial charge in [0.1, 0.15) is 5.54 Å². The number of carbonyl (C=O) groups is 2. The average molecular weight is 370 g/mol. The molecule has 0 radical (unpaired) electrons. The molecule has 2 aliphatic heterocycles. The molecule has 0 unspecified atom stereocenters. The largest absolute Gasteiger partial charge is 0.325 e. The summed E-state index contributed by atoms with van der Waals surface area (Å²) in [7, 11) is 0. The monoisotopic (exact) mass is 369 g/mol. The van der Waals surface area contributed by atoms with E-state index in [-0.39, 0.29) is 17.9 Å². The third-order valence-corrected chi connectivity index (χ3v) is 6.13. The lowest BCUT2D eigenvalue weighted by Crippen LogP contribution is -2.55. The summed E-state index contributed by atoms with van der Waals surface area (Å²) in [5.41, 5.74) is 2.75. The molecule has 27 heavy (non-hydrogen) atoms. The van der Waals surface area contributed by atoms with Gasteiger partial charge in [-0.15, -0.1) is 0 Å². The highest BCUT2D eigenvalue weighted by Gasteiger charge is 2.54. The standard InChI is InChI=1S/C22H31N3O2/c1-5-22(20(26)25(14-16(2)3)21(27)23-22)19-10-12-24(13-11-19)15-18-9-7-6-8-17(18)4/h6-9,19H,2,5,10-15H2,1,3-4H3,(H,23,27)/t22-/m1/s1. The van der Waals surface area contributed by atoms with Crippen LogP contribution in [0, 0.1) is 12.8 Å². The van der Waals surface area contributed by atoms with Crippen molar-refractivity contribution in [3.05, 3.63) is 47.5 Å². The van der Waals surface area contributed by atoms with E-state index >= 15 is 0 Å². The zero-order chi connectivity index (χ0) is 19.6. The zero-order valence-electron chi connectivity index (χ0n) is 16.8. The van der Waals surface area contributed by atoms with E-state index in [4.69, 9.17) is 0 Å². The van der Waals surface area contributed by atoms with Crippen molar-refractivity contribution in [1.82, 2.24) is 15.1 Å². The Morgan fingerprint density at radius 2 is 1.93 bits per heavy atom. The number of rotatable bonds is 6. The Kier molecular flexibility index (Phi) is 5.70. The number of nitrogens with one attached hydrogen (secondary N) is 1. The second-order valence-electron chi connectivity index (χ2n) is 8.08. The average Bonchev–Trinajstić information content (AvgIpc) is 2.89. The van der Waals surface area contributed by atoms with Gasteiger partial charge in [-0.25, -0.2) is 4.79 Å². The van der Waals surface area contributed by atoms with Crippen molar-refractivity contribution in [3.63, 3.8) is 0 Å². The number of amides is 3. The molecule has 3 amide bonds. The van der Waals surface area contributed by atoms with Crippen molar-refractivity contribution in [3.8, 4) is 0 Å². The predicted molar refractivity (Wildman–Crippen MR) is 107 cm³/mol. The summed E-state index contributed by atoms with van der Waals surface area (Å²) in [4.78, 5) is 29.3. The maximum Gasteiger partial charge on any atom is 0.325 e. The summed E-state index contributed by atoms with van der Waals surface area (Å²) in [6, 6.07) is 8.22. The fourth-order valence-electron chi connectivity index (χ4n) is 4.48. The molecule has 0 spiro atoms. The lowest BCUT2D eigenvalue weighted by Gasteiger charge is -2.40. The molecule has 2 aliphatic rings. The lowest BCUT2D eigenvalue weighted by atomic mass is 9.75. The van der Waals surface area contributed by atoms with Gasteiger partial charge in [-0.3, -0.25) is 14.6 Å². The molecule has 0 aromatic heterocycles. The van der Waals surface area contributed by atoms with Crippen LogP contribution in [0.3, 0.4) is 0 Å². The van der Waals surface area contributed by atoms with Gasteiger partial charge >= 0.3 is 6.03 Å². The molecule has 3 rings (SSSR count). The Balaban J connectivity index is 1.67. The molecule has 2 heterocycles. The maximum absolute atomic E-state index is 13.1. The summed E-state index contributed by atoms with van der Waals surface area (Å²) >= 11 is 0. The molecule has 1 atom stereocenters. The van der Waals surface area contributed by atoms with Crippen molar-refractivity contribution >= 4 is 11.9 Å². The summed E-state index contributed by atoms with van der Waals surface area (Å²) in [6.07, 6.45) is 2.48. The number of piperidine rings is 1. The first kappa shape index (κ1) is 19.6. The van der Waals surface area contributed by atoms with Crippen LogP contribution in [0.5, 0.6) is 0 Å². The fourth-order valence-corrected chi connectivity index (χ4v) is 4.48. The van der Waals surface area contributed by atoms with Gasteiger partial charge in [-0.05, 0) is 63.2 Å². The third-order valence-electron chi connectivity index (χ3n) is 6.13. The molecule has 0 saturated carbocycles. The van der Waals surface area contributed by atoms with E-state index in [1.54, 1.807) is 0 Å². The van der Waals surface area contributed by atoms with E-state index in [2.05, 4.69) is 48.0 Å². The van der Waals surface area contributed by atoms with Gasteiger partial charge in [0.25, 0.3) is 5.91 Å². The van der Waals surface area contributed by atoms with E-state index < -0.39 is 5.54 Å². The van der Waals surface area contributed by atoms with Gasteiger partial charge in [-0.2, -0.15) is 0 Å². The molecule has 146 valence electrons. The van der Waals surface area contributed by atoms with E-state index in [1.807, 2.05) is 13.8 Å². The van der Waals surface area contributed by atoms with Crippen LogP contribution >= 0.6 is 0 Å². The maximum atomic E-state index is 13.1. The Bertz CT molecular complexity index is 737. The molecule has 1 aromatic rings. The molecule has 1 N–H and O–H groups in total. The van der Waals surface area contributed by atoms with Gasteiger partial charge < -0.3 is 5.32 Å². The Morgan fingerprint density at radius 1 is 1.26 bits per heavy atom. The number of nitrogens with zero attached hydrogens (tertiary/aromatic N) is 2. The highest BCUT2D eigenvalue weighted by Crippen LogP contribution is 2.36. The van der Waals surface area contributed by atoms with Gasteiger partial charge in [0.15, 0.2) is 0 Å². The molecular formula is C22H31N3O2. The molecule has 0 aliphatic carbocycles. The van der Waals surface area contributed by atoms with Gasteiger partial charge in [0.2, 0.25) is 0 Å².